The molecule has 0 radical (unpaired) electrons. The third-order valence-electron chi connectivity index (χ3n) is 3.20. The summed E-state index contributed by atoms with van der Waals surface area (Å²) >= 11 is 1.58. The molecule has 0 aliphatic rings. The Bertz CT molecular complexity index is 759. The van der Waals surface area contributed by atoms with Crippen LogP contribution in [0.2, 0.25) is 0 Å². The lowest BCUT2D eigenvalue weighted by Crippen LogP contribution is -2.04. The van der Waals surface area contributed by atoms with Crippen LogP contribution in [0.5, 0.6) is 0 Å². The number of benzene rings is 1. The number of thiazole rings is 1. The monoisotopic (exact) mass is 276 g/mol. The Hall–Kier alpha value is -1.95. The Kier molecular flexibility index (Phi) is 2.74. The minimum absolute atomic E-state index is 0.258. The van der Waals surface area contributed by atoms with Crippen molar-refractivity contribution in [3.8, 4) is 0 Å². The SMILES string of the molecule is Cc1cc2c(cc1F)nc(N)n2Cc1scnc1C. The first kappa shape index (κ1) is 12.1. The number of hydrogen-bond donors (Lipinski definition) is 1. The smallest absolute Gasteiger partial charge is 0.201 e. The molecule has 0 atom stereocenters. The minimum Gasteiger partial charge on any atom is -0.369 e. The van der Waals surface area contributed by atoms with Crippen LogP contribution in [0.3, 0.4) is 0 Å². The number of anilines is 1. The van der Waals surface area contributed by atoms with E-state index in [1.807, 2.05) is 17.0 Å². The summed E-state index contributed by atoms with van der Waals surface area (Å²) < 4.78 is 15.4. The Morgan fingerprint density at radius 1 is 1.37 bits per heavy atom. The van der Waals surface area contributed by atoms with Crippen molar-refractivity contribution in [3.05, 3.63) is 39.6 Å². The largest absolute Gasteiger partial charge is 0.369 e. The van der Waals surface area contributed by atoms with Gasteiger partial charge >= 0.3 is 0 Å². The number of rotatable bonds is 2. The van der Waals surface area contributed by atoms with Gasteiger partial charge in [0.2, 0.25) is 5.95 Å². The van der Waals surface area contributed by atoms with Gasteiger partial charge in [0.05, 0.1) is 28.8 Å². The van der Waals surface area contributed by atoms with E-state index in [0.29, 0.717) is 23.6 Å². The average Bonchev–Trinajstić information content (AvgIpc) is 2.88. The quantitative estimate of drug-likeness (QED) is 0.783. The molecular weight excluding hydrogens is 263 g/mol. The van der Waals surface area contributed by atoms with E-state index < -0.39 is 0 Å². The molecular formula is C13H13FN4S. The van der Waals surface area contributed by atoms with Crippen molar-refractivity contribution in [1.29, 1.82) is 0 Å². The van der Waals surface area contributed by atoms with Gasteiger partial charge in [0.15, 0.2) is 0 Å². The molecule has 2 aromatic heterocycles. The molecule has 0 bridgehead atoms. The fourth-order valence-electron chi connectivity index (χ4n) is 2.06. The Morgan fingerprint density at radius 2 is 2.16 bits per heavy atom. The first-order valence-corrected chi connectivity index (χ1v) is 6.75. The Balaban J connectivity index is 2.15. The standard InChI is InChI=1S/C13H13FN4S/c1-7-3-11-10(4-9(7)14)17-13(15)18(11)5-12-8(2)16-6-19-12/h3-4,6H,5H2,1-2H3,(H2,15,17). The van der Waals surface area contributed by atoms with E-state index in [2.05, 4.69) is 9.97 Å². The molecule has 0 aliphatic heterocycles. The molecule has 0 aliphatic carbocycles. The zero-order chi connectivity index (χ0) is 13.6. The molecule has 19 heavy (non-hydrogen) atoms. The number of aryl methyl sites for hydroxylation is 2. The summed E-state index contributed by atoms with van der Waals surface area (Å²) in [5.41, 5.74) is 10.8. The van der Waals surface area contributed by atoms with E-state index in [1.54, 1.807) is 24.3 Å². The third kappa shape index (κ3) is 1.98. The van der Waals surface area contributed by atoms with Gasteiger partial charge in [0, 0.05) is 10.9 Å². The van der Waals surface area contributed by atoms with Crippen molar-refractivity contribution in [3.63, 3.8) is 0 Å². The van der Waals surface area contributed by atoms with E-state index in [9.17, 15) is 4.39 Å². The lowest BCUT2D eigenvalue weighted by Gasteiger charge is -2.06. The van der Waals surface area contributed by atoms with Gasteiger partial charge in [-0.25, -0.2) is 14.4 Å². The van der Waals surface area contributed by atoms with E-state index >= 15 is 0 Å². The summed E-state index contributed by atoms with van der Waals surface area (Å²) in [5.74, 6) is 0.138. The van der Waals surface area contributed by atoms with Crippen LogP contribution in [0.15, 0.2) is 17.6 Å². The van der Waals surface area contributed by atoms with Gasteiger partial charge in [-0.1, -0.05) is 0 Å². The average molecular weight is 276 g/mol. The highest BCUT2D eigenvalue weighted by Crippen LogP contribution is 2.24. The molecule has 2 heterocycles. The lowest BCUT2D eigenvalue weighted by atomic mass is 10.2. The van der Waals surface area contributed by atoms with Gasteiger partial charge in [0.1, 0.15) is 5.82 Å². The molecule has 0 spiro atoms. The molecule has 0 fully saturated rings. The number of aromatic nitrogens is 3. The zero-order valence-corrected chi connectivity index (χ0v) is 11.5. The number of imidazole rings is 1. The number of hydrogen-bond acceptors (Lipinski definition) is 4. The summed E-state index contributed by atoms with van der Waals surface area (Å²) in [5, 5.41) is 0. The fraction of sp³-hybridized carbons (Fsp3) is 0.231. The first-order chi connectivity index (χ1) is 9.06. The molecule has 0 amide bonds. The molecule has 0 saturated heterocycles. The van der Waals surface area contributed by atoms with Crippen molar-refractivity contribution in [2.75, 3.05) is 5.73 Å². The van der Waals surface area contributed by atoms with Gasteiger partial charge < -0.3 is 10.3 Å². The summed E-state index contributed by atoms with van der Waals surface area (Å²) in [6.45, 7) is 4.32. The summed E-state index contributed by atoms with van der Waals surface area (Å²) in [4.78, 5) is 9.57. The fourth-order valence-corrected chi connectivity index (χ4v) is 2.82. The van der Waals surface area contributed by atoms with E-state index in [1.165, 1.54) is 6.07 Å². The second-order valence-corrected chi connectivity index (χ2v) is 5.45. The second-order valence-electron chi connectivity index (χ2n) is 4.51. The van der Waals surface area contributed by atoms with Crippen molar-refractivity contribution >= 4 is 28.3 Å². The summed E-state index contributed by atoms with van der Waals surface area (Å²) in [6.07, 6.45) is 0. The summed E-state index contributed by atoms with van der Waals surface area (Å²) in [6, 6.07) is 3.21. The first-order valence-electron chi connectivity index (χ1n) is 5.87. The van der Waals surface area contributed by atoms with Crippen LogP contribution in [-0.4, -0.2) is 14.5 Å². The number of nitrogens with two attached hydrogens (primary N) is 1. The Labute approximate surface area is 113 Å². The molecule has 0 saturated carbocycles. The van der Waals surface area contributed by atoms with Crippen LogP contribution in [-0.2, 0) is 6.54 Å². The second kappa shape index (κ2) is 4.31. The number of fused-ring (bicyclic) bond motifs is 1. The highest BCUT2D eigenvalue weighted by atomic mass is 32.1. The van der Waals surface area contributed by atoms with Gasteiger partial charge in [-0.2, -0.15) is 0 Å². The third-order valence-corrected chi connectivity index (χ3v) is 4.12. The maximum absolute atomic E-state index is 13.5. The van der Waals surface area contributed by atoms with Crippen LogP contribution < -0.4 is 5.73 Å². The van der Waals surface area contributed by atoms with E-state index in [4.69, 9.17) is 5.73 Å². The highest BCUT2D eigenvalue weighted by molar-refractivity contribution is 7.09. The van der Waals surface area contributed by atoms with Gasteiger partial charge in [-0.05, 0) is 25.5 Å². The molecule has 2 N–H and O–H groups in total. The predicted octanol–water partition coefficient (Wildman–Crippen LogP) is 2.88. The van der Waals surface area contributed by atoms with Crippen molar-refractivity contribution < 1.29 is 4.39 Å². The van der Waals surface area contributed by atoms with Gasteiger partial charge in [-0.15, -0.1) is 11.3 Å². The molecule has 3 rings (SSSR count). The van der Waals surface area contributed by atoms with Crippen LogP contribution in [0.4, 0.5) is 10.3 Å². The molecule has 1 aromatic carbocycles. The van der Waals surface area contributed by atoms with Gasteiger partial charge in [-0.3, -0.25) is 0 Å². The van der Waals surface area contributed by atoms with Crippen molar-refractivity contribution in [1.82, 2.24) is 14.5 Å². The minimum atomic E-state index is -0.258. The topological polar surface area (TPSA) is 56.7 Å². The maximum atomic E-state index is 13.5. The van der Waals surface area contributed by atoms with Gasteiger partial charge in [0.25, 0.3) is 0 Å². The normalized spacial score (nSPS) is 11.3. The van der Waals surface area contributed by atoms with E-state index in [0.717, 1.165) is 16.1 Å². The summed E-state index contributed by atoms with van der Waals surface area (Å²) in [7, 11) is 0. The molecule has 4 nitrogen and oxygen atoms in total. The van der Waals surface area contributed by atoms with Crippen LogP contribution >= 0.6 is 11.3 Å². The number of halogens is 1. The predicted molar refractivity (Wildman–Crippen MR) is 74.8 cm³/mol. The lowest BCUT2D eigenvalue weighted by molar-refractivity contribution is 0.620. The zero-order valence-electron chi connectivity index (χ0n) is 10.6. The van der Waals surface area contributed by atoms with Crippen LogP contribution in [0, 0.1) is 19.7 Å². The van der Waals surface area contributed by atoms with E-state index in [-0.39, 0.29) is 5.82 Å². The van der Waals surface area contributed by atoms with Crippen molar-refractivity contribution in [2.24, 2.45) is 0 Å². The van der Waals surface area contributed by atoms with Crippen LogP contribution in [0.1, 0.15) is 16.1 Å². The molecule has 6 heteroatoms. The molecule has 98 valence electrons. The Morgan fingerprint density at radius 3 is 2.84 bits per heavy atom. The molecule has 3 aromatic rings. The number of nitrogen functional groups attached to an aromatic ring is 1. The highest BCUT2D eigenvalue weighted by Gasteiger charge is 2.13. The number of nitrogens with zero attached hydrogens (tertiary/aromatic N) is 3. The maximum Gasteiger partial charge on any atom is 0.201 e. The molecule has 0 unspecified atom stereocenters. The van der Waals surface area contributed by atoms with Crippen molar-refractivity contribution in [2.45, 2.75) is 20.4 Å². The van der Waals surface area contributed by atoms with Crippen LogP contribution in [0.25, 0.3) is 11.0 Å².